The summed E-state index contributed by atoms with van der Waals surface area (Å²) in [6, 6.07) is -0.524. The van der Waals surface area contributed by atoms with Gasteiger partial charge in [-0.3, -0.25) is 0 Å². The Balaban J connectivity index is 1.82. The maximum Gasteiger partial charge on any atom is 0.453 e. The molecule has 7 nitrogen and oxygen atoms in total. The van der Waals surface area contributed by atoms with E-state index in [0.717, 1.165) is 4.68 Å². The third kappa shape index (κ3) is 1.44. The van der Waals surface area contributed by atoms with Crippen molar-refractivity contribution in [2.75, 3.05) is 11.9 Å². The molecule has 4 heterocycles. The molecule has 2 saturated heterocycles. The molecule has 0 saturated carbocycles. The van der Waals surface area contributed by atoms with E-state index in [9.17, 15) is 18.3 Å². The lowest BCUT2D eigenvalue weighted by Crippen LogP contribution is -2.58. The lowest BCUT2D eigenvalue weighted by molar-refractivity contribution is -0.215. The molecule has 10 heteroatoms. The number of aliphatic hydroxyl groups is 1. The van der Waals surface area contributed by atoms with Gasteiger partial charge in [0.15, 0.2) is 5.72 Å². The maximum absolute atomic E-state index is 12.6. The van der Waals surface area contributed by atoms with Crippen molar-refractivity contribution < 1.29 is 27.8 Å². The number of alkyl halides is 3. The van der Waals surface area contributed by atoms with Crippen LogP contribution in [0.3, 0.4) is 0 Å². The smallest absolute Gasteiger partial charge is 0.366 e. The van der Waals surface area contributed by atoms with Crippen molar-refractivity contribution in [3.63, 3.8) is 0 Å². The van der Waals surface area contributed by atoms with Gasteiger partial charge >= 0.3 is 6.18 Å². The van der Waals surface area contributed by atoms with Crippen LogP contribution in [0.5, 0.6) is 0 Å². The fourth-order valence-electron chi connectivity index (χ4n) is 2.73. The van der Waals surface area contributed by atoms with Crippen LogP contribution in [0, 0.1) is 0 Å². The van der Waals surface area contributed by atoms with E-state index in [-0.39, 0.29) is 19.0 Å². The molecule has 1 aromatic rings. The minimum absolute atomic E-state index is 0.116. The third-order valence-corrected chi connectivity index (χ3v) is 3.58. The lowest BCUT2D eigenvalue weighted by atomic mass is 9.95. The van der Waals surface area contributed by atoms with Gasteiger partial charge in [0.25, 0.3) is 5.82 Å². The van der Waals surface area contributed by atoms with Crippen molar-refractivity contribution in [1.82, 2.24) is 14.8 Å². The van der Waals surface area contributed by atoms with Crippen LogP contribution in [0.15, 0.2) is 0 Å². The van der Waals surface area contributed by atoms with Crippen molar-refractivity contribution in [1.29, 1.82) is 0 Å². The molecule has 4 bridgehead atoms. The second-order valence-corrected chi connectivity index (χ2v) is 4.86. The van der Waals surface area contributed by atoms with Crippen molar-refractivity contribution in [3.05, 3.63) is 5.82 Å². The van der Waals surface area contributed by atoms with Crippen LogP contribution in [0.25, 0.3) is 0 Å². The zero-order valence-electron chi connectivity index (χ0n) is 9.39. The minimum atomic E-state index is -4.63. The first-order valence-electron chi connectivity index (χ1n) is 5.68. The summed E-state index contributed by atoms with van der Waals surface area (Å²) in [5.74, 6) is -1.35. The molecule has 1 aromatic heterocycles. The Bertz CT molecular complexity index is 547. The summed E-state index contributed by atoms with van der Waals surface area (Å²) >= 11 is 0. The highest BCUT2D eigenvalue weighted by atomic mass is 19.4. The zero-order chi connectivity index (χ0) is 13.4. The number of fused-ring (bicyclic) bond motifs is 8. The van der Waals surface area contributed by atoms with E-state index in [1.807, 2.05) is 0 Å². The minimum Gasteiger partial charge on any atom is -0.366 e. The molecule has 2 N–H and O–H groups in total. The number of hydrogen-bond acceptors (Lipinski definition) is 6. The molecular weight excluding hydrogens is 269 g/mol. The number of nitrogens with zero attached hydrogens (tertiary/aromatic N) is 3. The average Bonchev–Trinajstić information content (AvgIpc) is 2.89. The Labute approximate surface area is 104 Å². The number of nitrogens with one attached hydrogen (secondary N) is 1. The van der Waals surface area contributed by atoms with Crippen molar-refractivity contribution in [3.8, 4) is 0 Å². The van der Waals surface area contributed by atoms with Crippen LogP contribution < -0.4 is 5.32 Å². The van der Waals surface area contributed by atoms with Crippen LogP contribution in [0.2, 0.25) is 0 Å². The van der Waals surface area contributed by atoms with Crippen LogP contribution in [0.4, 0.5) is 19.1 Å². The molecule has 3 aliphatic heterocycles. The highest BCUT2D eigenvalue weighted by molar-refractivity contribution is 5.35. The van der Waals surface area contributed by atoms with Gasteiger partial charge in [-0.05, 0) is 0 Å². The summed E-state index contributed by atoms with van der Waals surface area (Å²) in [6.45, 7) is 0.208. The summed E-state index contributed by atoms with van der Waals surface area (Å²) in [5.41, 5.74) is -1.57. The highest BCUT2D eigenvalue weighted by Crippen LogP contribution is 2.45. The molecule has 3 aliphatic rings. The number of anilines is 1. The second-order valence-electron chi connectivity index (χ2n) is 4.86. The van der Waals surface area contributed by atoms with E-state index in [4.69, 9.17) is 9.47 Å². The molecule has 0 radical (unpaired) electrons. The Kier molecular flexibility index (Phi) is 1.92. The van der Waals surface area contributed by atoms with Gasteiger partial charge in [-0.25, -0.2) is 4.68 Å². The van der Waals surface area contributed by atoms with Crippen LogP contribution in [0.1, 0.15) is 18.3 Å². The molecule has 4 atom stereocenters. The Morgan fingerprint density at radius 1 is 1.47 bits per heavy atom. The van der Waals surface area contributed by atoms with Crippen LogP contribution >= 0.6 is 0 Å². The normalized spacial score (nSPS) is 39.9. The monoisotopic (exact) mass is 278 g/mol. The molecule has 19 heavy (non-hydrogen) atoms. The highest BCUT2D eigenvalue weighted by Gasteiger charge is 2.58. The first kappa shape index (κ1) is 11.4. The number of halogens is 3. The molecule has 0 amide bonds. The first-order chi connectivity index (χ1) is 8.87. The first-order valence-corrected chi connectivity index (χ1v) is 5.68. The van der Waals surface area contributed by atoms with E-state index in [1.165, 1.54) is 0 Å². The van der Waals surface area contributed by atoms with Gasteiger partial charge in [0.1, 0.15) is 6.10 Å². The summed E-state index contributed by atoms with van der Waals surface area (Å²) in [6.07, 6.45) is -5.78. The largest absolute Gasteiger partial charge is 0.453 e. The van der Waals surface area contributed by atoms with E-state index in [1.54, 1.807) is 0 Å². The Morgan fingerprint density at radius 2 is 2.26 bits per heavy atom. The van der Waals surface area contributed by atoms with Gasteiger partial charge < -0.3 is 19.9 Å². The molecule has 104 valence electrons. The van der Waals surface area contributed by atoms with Gasteiger partial charge in [-0.1, -0.05) is 0 Å². The van der Waals surface area contributed by atoms with E-state index in [0.29, 0.717) is 0 Å². The van der Waals surface area contributed by atoms with Crippen molar-refractivity contribution >= 4 is 5.95 Å². The number of aromatic nitrogens is 3. The standard InChI is InChI=1S/C9H9F3N4O3/c10-9(11,12)5-13-7-14-8(17)1-3(16(7)15-5)4-2-18-6(8)19-4/h3-4,6,17H,1-2H2,(H,13,14,15)/t3-,4+,6-,8+/m1/s1. The predicted molar refractivity (Wildman–Crippen MR) is 51.9 cm³/mol. The quantitative estimate of drug-likeness (QED) is 0.700. The summed E-state index contributed by atoms with van der Waals surface area (Å²) in [4.78, 5) is 3.39. The van der Waals surface area contributed by atoms with Crippen LogP contribution in [-0.2, 0) is 15.7 Å². The Hall–Kier alpha value is -1.39. The summed E-state index contributed by atoms with van der Waals surface area (Å²) < 4.78 is 49.6. The third-order valence-electron chi connectivity index (χ3n) is 3.58. The van der Waals surface area contributed by atoms with E-state index < -0.39 is 36.2 Å². The summed E-state index contributed by atoms with van der Waals surface area (Å²) in [5, 5.41) is 16.3. The van der Waals surface area contributed by atoms with Gasteiger partial charge in [0.2, 0.25) is 12.2 Å². The second kappa shape index (κ2) is 3.19. The van der Waals surface area contributed by atoms with Gasteiger partial charge in [0, 0.05) is 6.42 Å². The predicted octanol–water partition coefficient (Wildman–Crippen LogP) is 0.0973. The molecule has 0 unspecified atom stereocenters. The molecule has 0 aromatic carbocycles. The van der Waals surface area contributed by atoms with Gasteiger partial charge in [-0.15, -0.1) is 5.10 Å². The lowest BCUT2D eigenvalue weighted by Gasteiger charge is -2.44. The van der Waals surface area contributed by atoms with E-state index >= 15 is 0 Å². The topological polar surface area (TPSA) is 81.4 Å². The number of ether oxygens (including phenoxy) is 2. The number of hydrogen-bond donors (Lipinski definition) is 2. The average molecular weight is 278 g/mol. The Morgan fingerprint density at radius 3 is 3.00 bits per heavy atom. The fourth-order valence-corrected chi connectivity index (χ4v) is 2.73. The van der Waals surface area contributed by atoms with Gasteiger partial charge in [0.05, 0.1) is 12.6 Å². The fraction of sp³-hybridized carbons (Fsp3) is 0.778. The molecule has 0 aliphatic carbocycles. The molecule has 2 fully saturated rings. The SMILES string of the molecule is O[C@@]12C[C@H]([C@@H]3CO[C@@H]1O3)n1nc(C(F)(F)F)nc1N2. The number of rotatable bonds is 0. The van der Waals surface area contributed by atoms with E-state index in [2.05, 4.69) is 15.4 Å². The maximum atomic E-state index is 12.6. The van der Waals surface area contributed by atoms with Gasteiger partial charge in [-0.2, -0.15) is 18.2 Å². The van der Waals surface area contributed by atoms with Crippen molar-refractivity contribution in [2.45, 2.75) is 36.8 Å². The summed E-state index contributed by atoms with van der Waals surface area (Å²) in [7, 11) is 0. The molecule has 0 spiro atoms. The van der Waals surface area contributed by atoms with Crippen molar-refractivity contribution in [2.24, 2.45) is 0 Å². The molecular formula is C9H9F3N4O3. The molecule has 4 rings (SSSR count). The zero-order valence-corrected chi connectivity index (χ0v) is 9.39. The van der Waals surface area contributed by atoms with Crippen LogP contribution in [-0.4, -0.2) is 44.6 Å².